The summed E-state index contributed by atoms with van der Waals surface area (Å²) in [5, 5.41) is 4.01. The maximum absolute atomic E-state index is 12.7. The van der Waals surface area contributed by atoms with Crippen LogP contribution in [0.5, 0.6) is 0 Å². The summed E-state index contributed by atoms with van der Waals surface area (Å²) in [4.78, 5) is 19.6. The number of ether oxygens (including phenoxy) is 1. The number of amides is 1. The van der Waals surface area contributed by atoms with Crippen LogP contribution in [0.1, 0.15) is 27.2 Å². The number of hydrogen-bond donors (Lipinski definition) is 1. The number of nitrogens with one attached hydrogen (secondary N) is 1. The van der Waals surface area contributed by atoms with Crippen molar-refractivity contribution in [2.75, 3.05) is 31.2 Å². The van der Waals surface area contributed by atoms with Gasteiger partial charge in [-0.2, -0.15) is 0 Å². The average Bonchev–Trinajstić information content (AvgIpc) is 2.73. The van der Waals surface area contributed by atoms with E-state index < -0.39 is 0 Å². The van der Waals surface area contributed by atoms with Gasteiger partial charge in [0.1, 0.15) is 0 Å². The van der Waals surface area contributed by atoms with E-state index in [1.165, 1.54) is 5.69 Å². The Labute approximate surface area is 165 Å². The number of carbonyl (C=O) groups is 1. The van der Waals surface area contributed by atoms with Gasteiger partial charge in [0.15, 0.2) is 0 Å². The van der Waals surface area contributed by atoms with Crippen molar-refractivity contribution in [3.8, 4) is 0 Å². The molecule has 28 heavy (non-hydrogen) atoms. The van der Waals surface area contributed by atoms with Gasteiger partial charge in [-0.1, -0.05) is 23.8 Å². The second-order valence-electron chi connectivity index (χ2n) is 7.27. The number of carbonyl (C=O) groups excluding carboxylic acids is 1. The fourth-order valence-corrected chi connectivity index (χ4v) is 3.55. The van der Waals surface area contributed by atoms with Gasteiger partial charge >= 0.3 is 0 Å². The van der Waals surface area contributed by atoms with Crippen LogP contribution in [0.25, 0.3) is 10.9 Å². The van der Waals surface area contributed by atoms with E-state index in [1.807, 2.05) is 32.0 Å². The third kappa shape index (κ3) is 3.99. The van der Waals surface area contributed by atoms with E-state index in [0.29, 0.717) is 12.1 Å². The quantitative estimate of drug-likeness (QED) is 0.757. The van der Waals surface area contributed by atoms with Crippen LogP contribution >= 0.6 is 0 Å². The minimum atomic E-state index is -0.0920. The van der Waals surface area contributed by atoms with Crippen LogP contribution in [0.15, 0.2) is 48.5 Å². The Balaban J connectivity index is 1.44. The second kappa shape index (κ2) is 7.98. The Morgan fingerprint density at radius 3 is 2.57 bits per heavy atom. The fourth-order valence-electron chi connectivity index (χ4n) is 3.55. The van der Waals surface area contributed by atoms with Crippen molar-refractivity contribution in [1.82, 2.24) is 10.3 Å². The number of aryl methyl sites for hydroxylation is 2. The van der Waals surface area contributed by atoms with E-state index in [2.05, 4.69) is 45.5 Å². The average molecular weight is 375 g/mol. The van der Waals surface area contributed by atoms with Crippen molar-refractivity contribution in [2.45, 2.75) is 20.4 Å². The largest absolute Gasteiger partial charge is 0.378 e. The molecule has 1 fully saturated rings. The minimum Gasteiger partial charge on any atom is -0.378 e. The van der Waals surface area contributed by atoms with Gasteiger partial charge in [0.25, 0.3) is 5.91 Å². The number of benzene rings is 2. The first-order chi connectivity index (χ1) is 13.6. The second-order valence-corrected chi connectivity index (χ2v) is 7.27. The lowest BCUT2D eigenvalue weighted by Crippen LogP contribution is -2.36. The zero-order chi connectivity index (χ0) is 19.5. The Morgan fingerprint density at radius 1 is 1.07 bits per heavy atom. The van der Waals surface area contributed by atoms with Crippen molar-refractivity contribution >= 4 is 22.5 Å². The Morgan fingerprint density at radius 2 is 1.82 bits per heavy atom. The smallest absolute Gasteiger partial charge is 0.253 e. The molecule has 0 aliphatic carbocycles. The van der Waals surface area contributed by atoms with Gasteiger partial charge in [0.2, 0.25) is 0 Å². The van der Waals surface area contributed by atoms with Gasteiger partial charge in [0.05, 0.1) is 30.0 Å². The highest BCUT2D eigenvalue weighted by atomic mass is 16.5. The van der Waals surface area contributed by atoms with E-state index >= 15 is 0 Å². The van der Waals surface area contributed by atoms with Crippen LogP contribution in [0.4, 0.5) is 5.69 Å². The number of hydrogen-bond acceptors (Lipinski definition) is 4. The Kier molecular flexibility index (Phi) is 5.26. The lowest BCUT2D eigenvalue weighted by Gasteiger charge is -2.28. The SMILES string of the molecule is Cc1ccc2nc(C)c(C(=O)NCc3ccc(N4CCOCC4)cc3)cc2c1. The molecule has 1 N–H and O–H groups in total. The molecule has 2 aromatic carbocycles. The number of rotatable bonds is 4. The molecular weight excluding hydrogens is 350 g/mol. The third-order valence-corrected chi connectivity index (χ3v) is 5.17. The molecule has 1 aliphatic heterocycles. The summed E-state index contributed by atoms with van der Waals surface area (Å²) in [6.07, 6.45) is 0. The van der Waals surface area contributed by atoms with E-state index in [4.69, 9.17) is 4.74 Å². The zero-order valence-electron chi connectivity index (χ0n) is 16.4. The molecule has 5 nitrogen and oxygen atoms in total. The first kappa shape index (κ1) is 18.4. The van der Waals surface area contributed by atoms with E-state index in [1.54, 1.807) is 0 Å². The Bertz CT molecular complexity index is 993. The highest BCUT2D eigenvalue weighted by molar-refractivity contribution is 5.98. The molecular formula is C23H25N3O2. The number of anilines is 1. The summed E-state index contributed by atoms with van der Waals surface area (Å²) in [6, 6.07) is 16.4. The van der Waals surface area contributed by atoms with Gasteiger partial charge in [-0.25, -0.2) is 0 Å². The van der Waals surface area contributed by atoms with Crippen molar-refractivity contribution in [1.29, 1.82) is 0 Å². The van der Waals surface area contributed by atoms with Crippen molar-refractivity contribution in [3.05, 3.63) is 70.9 Å². The maximum atomic E-state index is 12.7. The summed E-state index contributed by atoms with van der Waals surface area (Å²) >= 11 is 0. The lowest BCUT2D eigenvalue weighted by atomic mass is 10.1. The number of nitrogens with zero attached hydrogens (tertiary/aromatic N) is 2. The predicted octanol–water partition coefficient (Wildman–Crippen LogP) is 3.62. The van der Waals surface area contributed by atoms with Crippen LogP contribution in [0.2, 0.25) is 0 Å². The standard InChI is InChI=1S/C23H25N3O2/c1-16-3-8-22-19(13-16)14-21(17(2)25-22)23(27)24-15-18-4-6-20(7-5-18)26-9-11-28-12-10-26/h3-8,13-14H,9-12,15H2,1-2H3,(H,24,27). The molecule has 1 aliphatic rings. The summed E-state index contributed by atoms with van der Waals surface area (Å²) < 4.78 is 5.40. The third-order valence-electron chi connectivity index (χ3n) is 5.17. The molecule has 1 aromatic heterocycles. The molecule has 2 heterocycles. The van der Waals surface area contributed by atoms with Crippen LogP contribution in [-0.2, 0) is 11.3 Å². The van der Waals surface area contributed by atoms with Gasteiger partial charge < -0.3 is 15.0 Å². The lowest BCUT2D eigenvalue weighted by molar-refractivity contribution is 0.0950. The summed E-state index contributed by atoms with van der Waals surface area (Å²) in [7, 11) is 0. The first-order valence-corrected chi connectivity index (χ1v) is 9.68. The number of fused-ring (bicyclic) bond motifs is 1. The van der Waals surface area contributed by atoms with Gasteiger partial charge in [-0.05, 0) is 49.7 Å². The summed E-state index contributed by atoms with van der Waals surface area (Å²) in [5.74, 6) is -0.0920. The molecule has 0 unspecified atom stereocenters. The van der Waals surface area contributed by atoms with E-state index in [-0.39, 0.29) is 5.91 Å². The van der Waals surface area contributed by atoms with Crippen LogP contribution < -0.4 is 10.2 Å². The van der Waals surface area contributed by atoms with E-state index in [0.717, 1.165) is 54.0 Å². The van der Waals surface area contributed by atoms with Gasteiger partial charge in [-0.15, -0.1) is 0 Å². The molecule has 3 aromatic rings. The number of morpholine rings is 1. The normalized spacial score (nSPS) is 14.3. The summed E-state index contributed by atoms with van der Waals surface area (Å²) in [6.45, 7) is 7.80. The molecule has 5 heteroatoms. The molecule has 1 amide bonds. The first-order valence-electron chi connectivity index (χ1n) is 9.68. The van der Waals surface area contributed by atoms with Crippen molar-refractivity contribution < 1.29 is 9.53 Å². The van der Waals surface area contributed by atoms with Crippen molar-refractivity contribution in [3.63, 3.8) is 0 Å². The highest BCUT2D eigenvalue weighted by Gasteiger charge is 2.13. The van der Waals surface area contributed by atoms with Crippen LogP contribution in [0, 0.1) is 13.8 Å². The number of pyridine rings is 1. The zero-order valence-corrected chi connectivity index (χ0v) is 16.4. The molecule has 4 rings (SSSR count). The molecule has 0 saturated carbocycles. The molecule has 0 spiro atoms. The molecule has 1 saturated heterocycles. The molecule has 0 atom stereocenters. The monoisotopic (exact) mass is 375 g/mol. The number of aromatic nitrogens is 1. The summed E-state index contributed by atoms with van der Waals surface area (Å²) in [5.41, 5.74) is 5.72. The molecule has 0 bridgehead atoms. The van der Waals surface area contributed by atoms with Crippen LogP contribution in [0.3, 0.4) is 0 Å². The molecule has 144 valence electrons. The van der Waals surface area contributed by atoms with Gasteiger partial charge in [-0.3, -0.25) is 9.78 Å². The maximum Gasteiger partial charge on any atom is 0.253 e. The van der Waals surface area contributed by atoms with Crippen LogP contribution in [-0.4, -0.2) is 37.2 Å². The topological polar surface area (TPSA) is 54.5 Å². The molecule has 0 radical (unpaired) electrons. The fraction of sp³-hybridized carbons (Fsp3) is 0.304. The predicted molar refractivity (Wildman–Crippen MR) is 112 cm³/mol. The van der Waals surface area contributed by atoms with Crippen molar-refractivity contribution in [2.24, 2.45) is 0 Å². The van der Waals surface area contributed by atoms with E-state index in [9.17, 15) is 4.79 Å². The highest BCUT2D eigenvalue weighted by Crippen LogP contribution is 2.19. The minimum absolute atomic E-state index is 0.0920. The Hall–Kier alpha value is -2.92. The van der Waals surface area contributed by atoms with Gasteiger partial charge in [0, 0.05) is 30.7 Å².